The highest BCUT2D eigenvalue weighted by atomic mass is 32.1. The van der Waals surface area contributed by atoms with E-state index in [1.165, 1.54) is 99.4 Å². The molecule has 292 valence electrons. The normalized spacial score (nSPS) is 17.0. The van der Waals surface area contributed by atoms with E-state index in [4.69, 9.17) is 0 Å². The number of hydrogen-bond acceptors (Lipinski definition) is 3. The molecule has 0 saturated carbocycles. The molecular formula is C50H61BN2SSi3. The third kappa shape index (κ3) is 6.20. The van der Waals surface area contributed by atoms with E-state index < -0.39 is 24.2 Å². The van der Waals surface area contributed by atoms with Crippen LogP contribution in [0.3, 0.4) is 0 Å². The molecule has 1 aromatic heterocycles. The molecule has 57 heavy (non-hydrogen) atoms. The van der Waals surface area contributed by atoms with Crippen molar-refractivity contribution in [2.24, 2.45) is 0 Å². The van der Waals surface area contributed by atoms with Crippen LogP contribution in [0.1, 0.15) is 57.2 Å². The van der Waals surface area contributed by atoms with E-state index in [9.17, 15) is 0 Å². The number of benzene rings is 5. The van der Waals surface area contributed by atoms with Crippen LogP contribution in [0.5, 0.6) is 0 Å². The highest BCUT2D eigenvalue weighted by Crippen LogP contribution is 2.52. The van der Waals surface area contributed by atoms with Crippen molar-refractivity contribution in [3.05, 3.63) is 108 Å². The van der Waals surface area contributed by atoms with Crippen molar-refractivity contribution in [3.8, 4) is 0 Å². The Morgan fingerprint density at radius 2 is 1.02 bits per heavy atom. The Morgan fingerprint density at radius 1 is 0.544 bits per heavy atom. The minimum atomic E-state index is -1.64. The van der Waals surface area contributed by atoms with E-state index in [0.717, 1.165) is 0 Å². The van der Waals surface area contributed by atoms with Crippen LogP contribution in [0, 0.1) is 6.92 Å². The van der Waals surface area contributed by atoms with Crippen molar-refractivity contribution in [3.63, 3.8) is 0 Å². The lowest BCUT2D eigenvalue weighted by molar-refractivity contribution is 0.332. The van der Waals surface area contributed by atoms with Crippen LogP contribution in [-0.2, 0) is 10.8 Å². The average Bonchev–Trinajstić information content (AvgIpc) is 3.50. The molecule has 3 aliphatic rings. The van der Waals surface area contributed by atoms with Gasteiger partial charge in [-0.05, 0) is 113 Å². The third-order valence-electron chi connectivity index (χ3n) is 13.6. The molecule has 6 aromatic rings. The molecule has 3 heterocycles. The Labute approximate surface area is 350 Å². The first kappa shape index (κ1) is 38.9. The summed E-state index contributed by atoms with van der Waals surface area (Å²) in [4.78, 5) is 5.28. The maximum atomic E-state index is 2.68. The van der Waals surface area contributed by atoms with E-state index in [1.54, 1.807) is 5.56 Å². The van der Waals surface area contributed by atoms with Gasteiger partial charge in [0.1, 0.15) is 0 Å². The Bertz CT molecular complexity index is 2600. The van der Waals surface area contributed by atoms with E-state index in [0.29, 0.717) is 0 Å². The minimum absolute atomic E-state index is 0.128. The monoisotopic (exact) mass is 816 g/mol. The smallest absolute Gasteiger partial charge is 0.264 e. The predicted molar refractivity (Wildman–Crippen MR) is 265 cm³/mol. The van der Waals surface area contributed by atoms with Gasteiger partial charge in [-0.2, -0.15) is 0 Å². The van der Waals surface area contributed by atoms with Gasteiger partial charge in [0.15, 0.2) is 0 Å². The molecule has 9 rings (SSSR count). The molecule has 0 atom stereocenters. The van der Waals surface area contributed by atoms with Gasteiger partial charge in [0.05, 0.1) is 29.9 Å². The molecule has 0 spiro atoms. The van der Waals surface area contributed by atoms with E-state index in [-0.39, 0.29) is 17.5 Å². The van der Waals surface area contributed by atoms with Gasteiger partial charge < -0.3 is 9.80 Å². The molecule has 0 unspecified atom stereocenters. The number of hydrogen-bond donors (Lipinski definition) is 0. The van der Waals surface area contributed by atoms with Gasteiger partial charge in [0, 0.05) is 43.3 Å². The van der Waals surface area contributed by atoms with Crippen molar-refractivity contribution >= 4 is 118 Å². The number of rotatable bonds is 5. The molecule has 0 N–H and O–H groups in total. The molecule has 2 nitrogen and oxygen atoms in total. The topological polar surface area (TPSA) is 6.48 Å². The number of nitrogens with zero attached hydrogens (tertiary/aromatic N) is 2. The first-order valence-electron chi connectivity index (χ1n) is 21.3. The van der Waals surface area contributed by atoms with Crippen LogP contribution in [0.25, 0.3) is 10.1 Å². The summed E-state index contributed by atoms with van der Waals surface area (Å²) < 4.78 is 2.91. The van der Waals surface area contributed by atoms with Gasteiger partial charge in [-0.1, -0.05) is 139 Å². The van der Waals surface area contributed by atoms with E-state index >= 15 is 0 Å². The van der Waals surface area contributed by atoms with Gasteiger partial charge in [-0.3, -0.25) is 0 Å². The zero-order valence-corrected chi connectivity index (χ0v) is 40.8. The second-order valence-corrected chi connectivity index (χ2v) is 38.2. The molecule has 0 bridgehead atoms. The molecular weight excluding hydrogens is 756 g/mol. The highest BCUT2D eigenvalue weighted by Gasteiger charge is 2.47. The Kier molecular flexibility index (Phi) is 8.65. The molecule has 2 aliphatic heterocycles. The molecule has 0 saturated heterocycles. The maximum absolute atomic E-state index is 2.68. The molecule has 1 aliphatic carbocycles. The van der Waals surface area contributed by atoms with Crippen molar-refractivity contribution < 1.29 is 0 Å². The first-order chi connectivity index (χ1) is 26.5. The zero-order chi connectivity index (χ0) is 40.8. The van der Waals surface area contributed by atoms with Crippen molar-refractivity contribution in [1.82, 2.24) is 0 Å². The van der Waals surface area contributed by atoms with Crippen molar-refractivity contribution in [2.45, 2.75) is 117 Å². The lowest BCUT2D eigenvalue weighted by atomic mass is 9.36. The average molecular weight is 817 g/mol. The van der Waals surface area contributed by atoms with Crippen LogP contribution in [0.2, 0.25) is 58.9 Å². The lowest BCUT2D eigenvalue weighted by Gasteiger charge is -2.44. The summed E-state index contributed by atoms with van der Waals surface area (Å²) in [6.45, 7) is 34.5. The van der Waals surface area contributed by atoms with Gasteiger partial charge in [0.25, 0.3) is 6.71 Å². The number of anilines is 6. The number of fused-ring (bicyclic) bond motifs is 7. The molecule has 7 heteroatoms. The Morgan fingerprint density at radius 3 is 1.54 bits per heavy atom. The second kappa shape index (κ2) is 12.7. The van der Waals surface area contributed by atoms with Crippen LogP contribution in [-0.4, -0.2) is 30.9 Å². The van der Waals surface area contributed by atoms with Gasteiger partial charge in [-0.25, -0.2) is 0 Å². The number of aryl methyl sites for hydroxylation is 1. The van der Waals surface area contributed by atoms with E-state index in [1.807, 2.05) is 0 Å². The van der Waals surface area contributed by atoms with Crippen molar-refractivity contribution in [2.75, 3.05) is 9.80 Å². The number of thiophene rings is 1. The quantitative estimate of drug-likeness (QED) is 0.160. The third-order valence-corrected chi connectivity index (χ3v) is 21.0. The second-order valence-electron chi connectivity index (χ2n) is 21.9. The summed E-state index contributed by atoms with van der Waals surface area (Å²) in [5, 5.41) is 5.94. The standard InChI is InChI=1S/C50H61BN2SSi3/c1-32-27-43-46-44(28-32)53(34-17-21-36(22-18-34)56(9,10)11)47-38-30-39-40(50(4,5)26-25-49(39,2)3)31-45(38)54-48(47)51(46)41-29-37(57(12,13)14)23-24-42(41)52(43)33-15-19-35(20-16-33)55(6,7)8/h15-24,27-31H,25-26H2,1-14H3. The largest absolute Gasteiger partial charge is 0.311 e. The maximum Gasteiger partial charge on any atom is 0.264 e. The summed E-state index contributed by atoms with van der Waals surface area (Å²) in [6.07, 6.45) is 2.43. The Balaban J connectivity index is 1.39. The summed E-state index contributed by atoms with van der Waals surface area (Å²) in [6, 6.07) is 37.1. The van der Waals surface area contributed by atoms with Crippen LogP contribution in [0.4, 0.5) is 34.1 Å². The summed E-state index contributed by atoms with van der Waals surface area (Å²) in [5.41, 5.74) is 15.4. The molecule has 0 fully saturated rings. The van der Waals surface area contributed by atoms with Crippen LogP contribution in [0.15, 0.2) is 91.0 Å². The fraction of sp³-hybridized carbons (Fsp3) is 0.360. The fourth-order valence-corrected chi connectivity index (χ4v) is 14.8. The van der Waals surface area contributed by atoms with Gasteiger partial charge in [-0.15, -0.1) is 11.3 Å². The lowest BCUT2D eigenvalue weighted by Crippen LogP contribution is -2.61. The van der Waals surface area contributed by atoms with Crippen LogP contribution < -0.4 is 41.1 Å². The Hall–Kier alpha value is -3.62. The van der Waals surface area contributed by atoms with Crippen LogP contribution >= 0.6 is 11.3 Å². The summed E-state index contributed by atoms with van der Waals surface area (Å²) >= 11 is 2.06. The molecule has 5 aromatic carbocycles. The van der Waals surface area contributed by atoms with Crippen molar-refractivity contribution in [1.29, 1.82) is 0 Å². The fourth-order valence-electron chi connectivity index (χ4n) is 9.92. The summed E-state index contributed by atoms with van der Waals surface area (Å²) in [5.74, 6) is 0. The predicted octanol–water partition coefficient (Wildman–Crippen LogP) is 11.3. The summed E-state index contributed by atoms with van der Waals surface area (Å²) in [7, 11) is -4.60. The SMILES string of the molecule is Cc1cc2c3c(c1)N(c1ccc([Si](C)(C)C)cc1)c1c(sc4cc5c(cc14)C(C)(C)CCC5(C)C)B3c1cc([Si](C)(C)C)ccc1N2c1ccc([Si](C)(C)C)cc1. The molecule has 0 amide bonds. The highest BCUT2D eigenvalue weighted by molar-refractivity contribution is 7.33. The van der Waals surface area contributed by atoms with Gasteiger partial charge >= 0.3 is 0 Å². The van der Waals surface area contributed by atoms with E-state index in [2.05, 4.69) is 206 Å². The first-order valence-corrected chi connectivity index (χ1v) is 32.6. The van der Waals surface area contributed by atoms with Gasteiger partial charge in [0.2, 0.25) is 0 Å². The zero-order valence-electron chi connectivity index (χ0n) is 37.0. The minimum Gasteiger partial charge on any atom is -0.311 e. The molecule has 0 radical (unpaired) electrons.